The summed E-state index contributed by atoms with van der Waals surface area (Å²) < 4.78 is 5.03. The second-order valence-electron chi connectivity index (χ2n) is 8.14. The van der Waals surface area contributed by atoms with E-state index in [1.807, 2.05) is 4.90 Å². The summed E-state index contributed by atoms with van der Waals surface area (Å²) in [5.41, 5.74) is 0. The van der Waals surface area contributed by atoms with Crippen molar-refractivity contribution in [3.05, 3.63) is 0 Å². The van der Waals surface area contributed by atoms with E-state index in [1.165, 1.54) is 4.90 Å². The molecular formula is C19H32N6O4. The number of amides is 3. The molecule has 2 unspecified atom stereocenters. The van der Waals surface area contributed by atoms with Gasteiger partial charge in [-0.05, 0) is 19.3 Å². The molecule has 2 saturated heterocycles. The molecule has 0 aromatic carbocycles. The number of carbonyl (C=O) groups is 3. The topological polar surface area (TPSA) is 97.8 Å². The molecule has 1 N–H and O–H groups in total. The average molecular weight is 409 g/mol. The van der Waals surface area contributed by atoms with Crippen LogP contribution in [0.2, 0.25) is 0 Å². The first-order valence-corrected chi connectivity index (χ1v) is 10.4. The molecule has 0 saturated carbocycles. The number of fused-ring (bicyclic) bond motifs is 1. The van der Waals surface area contributed by atoms with Crippen molar-refractivity contribution in [2.24, 2.45) is 10.9 Å². The lowest BCUT2D eigenvalue weighted by atomic mass is 10.1. The Morgan fingerprint density at radius 1 is 1.24 bits per heavy atom. The van der Waals surface area contributed by atoms with Crippen LogP contribution in [0.5, 0.6) is 0 Å². The normalized spacial score (nSPS) is 25.3. The Labute approximate surface area is 171 Å². The van der Waals surface area contributed by atoms with Crippen LogP contribution in [0.15, 0.2) is 4.99 Å². The van der Waals surface area contributed by atoms with Crippen LogP contribution in [0.1, 0.15) is 27.2 Å². The summed E-state index contributed by atoms with van der Waals surface area (Å²) >= 11 is 0. The van der Waals surface area contributed by atoms with Crippen molar-refractivity contribution in [3.8, 4) is 0 Å². The van der Waals surface area contributed by atoms with Gasteiger partial charge in [0.2, 0.25) is 0 Å². The van der Waals surface area contributed by atoms with Gasteiger partial charge < -0.3 is 19.4 Å². The Morgan fingerprint density at radius 2 is 1.93 bits per heavy atom. The van der Waals surface area contributed by atoms with Crippen molar-refractivity contribution in [3.63, 3.8) is 0 Å². The molecule has 10 heteroatoms. The highest BCUT2D eigenvalue weighted by atomic mass is 16.5. The Balaban J connectivity index is 1.71. The molecule has 0 aromatic rings. The Kier molecular flexibility index (Phi) is 6.61. The molecule has 0 aliphatic carbocycles. The minimum absolute atomic E-state index is 0.208. The first kappa shape index (κ1) is 21.4. The van der Waals surface area contributed by atoms with Crippen molar-refractivity contribution in [2.75, 3.05) is 52.9 Å². The molecule has 2 fully saturated rings. The first-order chi connectivity index (χ1) is 13.8. The summed E-state index contributed by atoms with van der Waals surface area (Å²) in [7, 11) is 1.67. The van der Waals surface area contributed by atoms with E-state index in [9.17, 15) is 14.4 Å². The zero-order valence-electron chi connectivity index (χ0n) is 17.8. The summed E-state index contributed by atoms with van der Waals surface area (Å²) in [5.74, 6) is 0.762. The number of guanidine groups is 1. The second-order valence-corrected chi connectivity index (χ2v) is 8.14. The van der Waals surface area contributed by atoms with Crippen LogP contribution in [0, 0.1) is 5.92 Å². The van der Waals surface area contributed by atoms with Gasteiger partial charge in [-0.25, -0.2) is 9.79 Å². The van der Waals surface area contributed by atoms with E-state index in [1.54, 1.807) is 14.0 Å². The fraction of sp³-hybridized carbons (Fsp3) is 0.789. The van der Waals surface area contributed by atoms with Crippen molar-refractivity contribution >= 4 is 23.9 Å². The summed E-state index contributed by atoms with van der Waals surface area (Å²) in [6, 6.07) is -0.909. The monoisotopic (exact) mass is 408 g/mol. The number of rotatable bonds is 6. The van der Waals surface area contributed by atoms with Crippen LogP contribution in [-0.4, -0.2) is 109 Å². The zero-order valence-corrected chi connectivity index (χ0v) is 17.8. The smallest absolute Gasteiger partial charge is 0.325 e. The van der Waals surface area contributed by atoms with Crippen LogP contribution >= 0.6 is 0 Å². The van der Waals surface area contributed by atoms with Crippen LogP contribution in [0.4, 0.5) is 4.79 Å². The Hall–Kier alpha value is -2.36. The van der Waals surface area contributed by atoms with Crippen molar-refractivity contribution in [2.45, 2.75) is 39.4 Å². The molecule has 2 atom stereocenters. The predicted octanol–water partition coefficient (Wildman–Crippen LogP) is -0.239. The molecule has 3 heterocycles. The average Bonchev–Trinajstić information content (AvgIpc) is 3.05. The standard InChI is InChI=1S/C19H32N6O4/c1-5-29-14(26)12-23-8-10-24(11-9-23)18-20-16-15(25(18)7-6-13(2)3)17(27)21-19(28)22(16)4/h13,15-16H,5-12H2,1-4H3,(H,21,27,28). The van der Waals surface area contributed by atoms with Gasteiger partial charge in [0.25, 0.3) is 5.91 Å². The molecule has 3 aliphatic heterocycles. The summed E-state index contributed by atoms with van der Waals surface area (Å²) in [4.78, 5) is 48.9. The van der Waals surface area contributed by atoms with Gasteiger partial charge in [0.15, 0.2) is 18.2 Å². The number of imide groups is 1. The molecule has 0 aromatic heterocycles. The first-order valence-electron chi connectivity index (χ1n) is 10.4. The van der Waals surface area contributed by atoms with E-state index >= 15 is 0 Å². The number of esters is 1. The van der Waals surface area contributed by atoms with E-state index in [0.29, 0.717) is 45.2 Å². The molecule has 0 spiro atoms. The lowest BCUT2D eigenvalue weighted by molar-refractivity contribution is -0.144. The molecule has 29 heavy (non-hydrogen) atoms. The number of ether oxygens (including phenoxy) is 1. The Bertz CT molecular complexity index is 674. The minimum Gasteiger partial charge on any atom is -0.465 e. The molecule has 3 rings (SSSR count). The molecule has 0 bridgehead atoms. The van der Waals surface area contributed by atoms with Gasteiger partial charge in [0, 0.05) is 39.8 Å². The largest absolute Gasteiger partial charge is 0.465 e. The maximum atomic E-state index is 12.6. The SMILES string of the molecule is CCOC(=O)CN1CCN(C2=NC3C(C(=O)NC(=O)N3C)N2CCC(C)C)CC1. The molecule has 162 valence electrons. The number of urea groups is 1. The highest BCUT2D eigenvalue weighted by Gasteiger charge is 2.49. The fourth-order valence-electron chi connectivity index (χ4n) is 3.91. The van der Waals surface area contributed by atoms with E-state index in [-0.39, 0.29) is 18.4 Å². The van der Waals surface area contributed by atoms with Crippen molar-refractivity contribution in [1.29, 1.82) is 0 Å². The lowest BCUT2D eigenvalue weighted by Crippen LogP contribution is -2.64. The highest BCUT2D eigenvalue weighted by molar-refractivity contribution is 6.03. The summed E-state index contributed by atoms with van der Waals surface area (Å²) in [6.45, 7) is 10.3. The fourth-order valence-corrected chi connectivity index (χ4v) is 3.91. The maximum absolute atomic E-state index is 12.6. The number of hydrogen-bond acceptors (Lipinski definition) is 8. The van der Waals surface area contributed by atoms with Crippen LogP contribution in [0.3, 0.4) is 0 Å². The van der Waals surface area contributed by atoms with E-state index in [0.717, 1.165) is 12.4 Å². The molecule has 3 amide bonds. The van der Waals surface area contributed by atoms with E-state index < -0.39 is 18.2 Å². The number of piperazine rings is 1. The maximum Gasteiger partial charge on any atom is 0.325 e. The Morgan fingerprint density at radius 3 is 2.55 bits per heavy atom. The second kappa shape index (κ2) is 8.98. The molecular weight excluding hydrogens is 376 g/mol. The number of nitrogens with zero attached hydrogens (tertiary/aromatic N) is 5. The third-order valence-electron chi connectivity index (χ3n) is 5.60. The van der Waals surface area contributed by atoms with Gasteiger partial charge >= 0.3 is 12.0 Å². The van der Waals surface area contributed by atoms with Crippen molar-refractivity contribution in [1.82, 2.24) is 24.9 Å². The number of aliphatic imine (C=N–C) groups is 1. The van der Waals surface area contributed by atoms with Gasteiger partial charge in [-0.2, -0.15) is 0 Å². The predicted molar refractivity (Wildman–Crippen MR) is 107 cm³/mol. The van der Waals surface area contributed by atoms with Crippen LogP contribution in [-0.2, 0) is 14.3 Å². The summed E-state index contributed by atoms with van der Waals surface area (Å²) in [5, 5.41) is 2.44. The van der Waals surface area contributed by atoms with Crippen LogP contribution < -0.4 is 5.32 Å². The van der Waals surface area contributed by atoms with Crippen molar-refractivity contribution < 1.29 is 19.1 Å². The third-order valence-corrected chi connectivity index (χ3v) is 5.60. The minimum atomic E-state index is -0.504. The number of nitrogens with one attached hydrogen (secondary N) is 1. The molecule has 0 radical (unpaired) electrons. The van der Waals surface area contributed by atoms with Gasteiger partial charge in [0.1, 0.15) is 0 Å². The molecule has 10 nitrogen and oxygen atoms in total. The van der Waals surface area contributed by atoms with E-state index in [2.05, 4.69) is 29.0 Å². The van der Waals surface area contributed by atoms with Gasteiger partial charge in [-0.3, -0.25) is 19.8 Å². The zero-order chi connectivity index (χ0) is 21.1. The number of likely N-dealkylation sites (N-methyl/N-ethyl adjacent to an activating group) is 1. The number of carbonyl (C=O) groups excluding carboxylic acids is 3. The van der Waals surface area contributed by atoms with E-state index in [4.69, 9.17) is 9.73 Å². The van der Waals surface area contributed by atoms with Gasteiger partial charge in [-0.1, -0.05) is 13.8 Å². The number of hydrogen-bond donors (Lipinski definition) is 1. The van der Waals surface area contributed by atoms with Gasteiger partial charge in [0.05, 0.1) is 13.2 Å². The quantitative estimate of drug-likeness (QED) is 0.606. The highest BCUT2D eigenvalue weighted by Crippen LogP contribution is 2.26. The third kappa shape index (κ3) is 4.63. The lowest BCUT2D eigenvalue weighted by Gasteiger charge is -2.40. The van der Waals surface area contributed by atoms with Gasteiger partial charge in [-0.15, -0.1) is 0 Å². The molecule has 3 aliphatic rings. The van der Waals surface area contributed by atoms with Crippen LogP contribution in [0.25, 0.3) is 0 Å². The summed E-state index contributed by atoms with van der Waals surface area (Å²) in [6.07, 6.45) is 0.423.